The second-order valence-electron chi connectivity index (χ2n) is 4.56. The van der Waals surface area contributed by atoms with Crippen LogP contribution in [0.25, 0.3) is 0 Å². The van der Waals surface area contributed by atoms with Crippen molar-refractivity contribution >= 4 is 5.78 Å². The van der Waals surface area contributed by atoms with Crippen molar-refractivity contribution in [2.45, 2.75) is 38.1 Å². The number of likely N-dealkylation sites (tertiary alicyclic amines) is 1. The van der Waals surface area contributed by atoms with Crippen LogP contribution < -0.4 is 0 Å². The maximum atomic E-state index is 11.6. The van der Waals surface area contributed by atoms with Crippen LogP contribution in [0.1, 0.15) is 32.1 Å². The monoisotopic (exact) mass is 197 g/mol. The highest BCUT2D eigenvalue weighted by Gasteiger charge is 2.32. The van der Waals surface area contributed by atoms with Gasteiger partial charge in [-0.3, -0.25) is 9.69 Å². The van der Waals surface area contributed by atoms with E-state index in [2.05, 4.69) is 4.90 Å². The number of nitrogens with zero attached hydrogens (tertiary/aromatic N) is 1. The Morgan fingerprint density at radius 3 is 2.86 bits per heavy atom. The molecule has 0 radical (unpaired) electrons. The van der Waals surface area contributed by atoms with E-state index in [-0.39, 0.29) is 12.6 Å². The smallest absolute Gasteiger partial charge is 0.149 e. The molecular weight excluding hydrogens is 178 g/mol. The highest BCUT2D eigenvalue weighted by molar-refractivity contribution is 5.85. The van der Waals surface area contributed by atoms with E-state index in [1.165, 1.54) is 0 Å². The maximum Gasteiger partial charge on any atom is 0.149 e. The number of piperidine rings is 1. The van der Waals surface area contributed by atoms with Crippen molar-refractivity contribution in [3.63, 3.8) is 0 Å². The molecule has 1 saturated heterocycles. The second-order valence-corrected chi connectivity index (χ2v) is 4.56. The first-order chi connectivity index (χ1) is 6.81. The van der Waals surface area contributed by atoms with E-state index in [0.29, 0.717) is 11.7 Å². The van der Waals surface area contributed by atoms with Gasteiger partial charge in [-0.1, -0.05) is 0 Å². The number of hydrogen-bond donors (Lipinski definition) is 1. The third kappa shape index (κ3) is 1.98. The Morgan fingerprint density at radius 1 is 1.36 bits per heavy atom. The molecule has 1 aliphatic heterocycles. The first-order valence-corrected chi connectivity index (χ1v) is 5.69. The summed E-state index contributed by atoms with van der Waals surface area (Å²) in [7, 11) is 0. The molecule has 2 fully saturated rings. The van der Waals surface area contributed by atoms with Crippen LogP contribution in [0.5, 0.6) is 0 Å². The fourth-order valence-electron chi connectivity index (χ4n) is 2.71. The Balaban J connectivity index is 1.93. The van der Waals surface area contributed by atoms with Crippen LogP contribution in [0.4, 0.5) is 0 Å². The quantitative estimate of drug-likeness (QED) is 0.712. The van der Waals surface area contributed by atoms with Gasteiger partial charge in [0.2, 0.25) is 0 Å². The van der Waals surface area contributed by atoms with Gasteiger partial charge in [0.15, 0.2) is 0 Å². The zero-order valence-electron chi connectivity index (χ0n) is 8.61. The average molecular weight is 197 g/mol. The number of aliphatic hydroxyl groups excluding tert-OH is 1. The van der Waals surface area contributed by atoms with Crippen molar-refractivity contribution < 1.29 is 9.90 Å². The second kappa shape index (κ2) is 4.41. The van der Waals surface area contributed by atoms with Crippen LogP contribution in [0.3, 0.4) is 0 Å². The van der Waals surface area contributed by atoms with Gasteiger partial charge < -0.3 is 5.11 Å². The first-order valence-electron chi connectivity index (χ1n) is 5.69. The molecule has 1 saturated carbocycles. The Bertz CT molecular complexity index is 217. The molecule has 2 aliphatic rings. The van der Waals surface area contributed by atoms with Gasteiger partial charge in [-0.25, -0.2) is 0 Å². The zero-order chi connectivity index (χ0) is 9.97. The highest BCUT2D eigenvalue weighted by atomic mass is 16.3. The number of carbonyl (C=O) groups excluding carboxylic acids is 1. The summed E-state index contributed by atoms with van der Waals surface area (Å²) in [4.78, 5) is 13.9. The van der Waals surface area contributed by atoms with E-state index in [1.807, 2.05) is 0 Å². The molecule has 0 amide bonds. The summed E-state index contributed by atoms with van der Waals surface area (Å²) in [5, 5.41) is 9.11. The predicted molar refractivity (Wildman–Crippen MR) is 54.0 cm³/mol. The van der Waals surface area contributed by atoms with Crippen LogP contribution in [0.2, 0.25) is 0 Å². The van der Waals surface area contributed by atoms with Crippen LogP contribution in [-0.2, 0) is 4.79 Å². The standard InChI is InChI=1S/C11H19NO2/c13-8-9-3-2-6-12(7-9)10-4-1-5-11(10)14/h9-10,13H,1-8H2. The lowest BCUT2D eigenvalue weighted by atomic mass is 9.97. The summed E-state index contributed by atoms with van der Waals surface area (Å²) in [6.07, 6.45) is 5.12. The largest absolute Gasteiger partial charge is 0.396 e. The lowest BCUT2D eigenvalue weighted by molar-refractivity contribution is -0.122. The van der Waals surface area contributed by atoms with Crippen molar-refractivity contribution in [2.24, 2.45) is 5.92 Å². The summed E-state index contributed by atoms with van der Waals surface area (Å²) in [6, 6.07) is 0.185. The molecule has 3 nitrogen and oxygen atoms in total. The summed E-state index contributed by atoms with van der Waals surface area (Å²) < 4.78 is 0. The number of rotatable bonds is 2. The van der Waals surface area contributed by atoms with Gasteiger partial charge in [0.05, 0.1) is 6.04 Å². The highest BCUT2D eigenvalue weighted by Crippen LogP contribution is 2.25. The Hall–Kier alpha value is -0.410. The molecule has 0 spiro atoms. The Morgan fingerprint density at radius 2 is 2.21 bits per heavy atom. The molecule has 1 N–H and O–H groups in total. The lowest BCUT2D eigenvalue weighted by Gasteiger charge is -2.35. The van der Waals surface area contributed by atoms with Crippen LogP contribution in [0, 0.1) is 5.92 Å². The van der Waals surface area contributed by atoms with Crippen molar-refractivity contribution in [1.29, 1.82) is 0 Å². The zero-order valence-corrected chi connectivity index (χ0v) is 8.61. The minimum absolute atomic E-state index is 0.185. The number of Topliss-reactive ketones (excluding diaryl/α,β-unsaturated/α-hetero) is 1. The van der Waals surface area contributed by atoms with Gasteiger partial charge in [-0.15, -0.1) is 0 Å². The van der Waals surface area contributed by atoms with Crippen LogP contribution >= 0.6 is 0 Å². The van der Waals surface area contributed by atoms with Crippen LogP contribution in [0.15, 0.2) is 0 Å². The van der Waals surface area contributed by atoms with Gasteiger partial charge in [0.25, 0.3) is 0 Å². The molecule has 2 rings (SSSR count). The first kappa shape index (κ1) is 10.1. The van der Waals surface area contributed by atoms with Crippen molar-refractivity contribution in [1.82, 2.24) is 4.90 Å². The molecule has 1 heterocycles. The summed E-state index contributed by atoms with van der Waals surface area (Å²) >= 11 is 0. The topological polar surface area (TPSA) is 40.5 Å². The number of aliphatic hydroxyl groups is 1. The average Bonchev–Trinajstić information content (AvgIpc) is 2.65. The SMILES string of the molecule is O=C1CCCC1N1CCCC(CO)C1. The Kier molecular flexibility index (Phi) is 3.19. The van der Waals surface area contributed by atoms with E-state index >= 15 is 0 Å². The van der Waals surface area contributed by atoms with Crippen molar-refractivity contribution in [2.75, 3.05) is 19.7 Å². The van der Waals surface area contributed by atoms with Crippen LogP contribution in [-0.4, -0.2) is 41.5 Å². The third-order valence-electron chi connectivity index (χ3n) is 3.52. The molecule has 3 heteroatoms. The third-order valence-corrected chi connectivity index (χ3v) is 3.52. The van der Waals surface area contributed by atoms with Gasteiger partial charge in [0, 0.05) is 19.6 Å². The van der Waals surface area contributed by atoms with E-state index < -0.39 is 0 Å². The summed E-state index contributed by atoms with van der Waals surface area (Å²) in [6.45, 7) is 2.25. The van der Waals surface area contributed by atoms with Gasteiger partial charge >= 0.3 is 0 Å². The van der Waals surface area contributed by atoms with Gasteiger partial charge in [-0.05, 0) is 38.1 Å². The molecule has 14 heavy (non-hydrogen) atoms. The Labute approximate surface area is 85.1 Å². The van der Waals surface area contributed by atoms with E-state index in [4.69, 9.17) is 5.11 Å². The molecule has 1 aliphatic carbocycles. The van der Waals surface area contributed by atoms with Gasteiger partial charge in [-0.2, -0.15) is 0 Å². The van der Waals surface area contributed by atoms with Crippen molar-refractivity contribution in [3.8, 4) is 0 Å². The van der Waals surface area contributed by atoms with E-state index in [0.717, 1.165) is 45.2 Å². The fraction of sp³-hybridized carbons (Fsp3) is 0.909. The number of hydrogen-bond acceptors (Lipinski definition) is 3. The van der Waals surface area contributed by atoms with E-state index in [1.54, 1.807) is 0 Å². The normalized spacial score (nSPS) is 35.1. The molecule has 0 bridgehead atoms. The summed E-state index contributed by atoms with van der Waals surface area (Å²) in [5.41, 5.74) is 0. The number of ketones is 1. The fourth-order valence-corrected chi connectivity index (χ4v) is 2.71. The molecular formula is C11H19NO2. The lowest BCUT2D eigenvalue weighted by Crippen LogP contribution is -2.45. The maximum absolute atomic E-state index is 11.6. The minimum atomic E-state index is 0.185. The minimum Gasteiger partial charge on any atom is -0.396 e. The molecule has 2 atom stereocenters. The molecule has 0 aromatic heterocycles. The molecule has 0 aromatic rings. The predicted octanol–water partition coefficient (Wildman–Crippen LogP) is 0.812. The summed E-state index contributed by atoms with van der Waals surface area (Å²) in [5.74, 6) is 0.820. The molecule has 2 unspecified atom stereocenters. The van der Waals surface area contributed by atoms with E-state index in [9.17, 15) is 4.79 Å². The molecule has 0 aromatic carbocycles. The molecule has 80 valence electrons. The number of carbonyl (C=O) groups is 1. The van der Waals surface area contributed by atoms with Gasteiger partial charge in [0.1, 0.15) is 5.78 Å². The van der Waals surface area contributed by atoms with Crippen molar-refractivity contribution in [3.05, 3.63) is 0 Å².